The number of nitrogens with zero attached hydrogens (tertiary/aromatic N) is 1. The third kappa shape index (κ3) is 4.66. The highest BCUT2D eigenvalue weighted by molar-refractivity contribution is 8.00. The fourth-order valence-corrected chi connectivity index (χ4v) is 4.21. The zero-order valence-electron chi connectivity index (χ0n) is 15.7. The summed E-state index contributed by atoms with van der Waals surface area (Å²) >= 11 is 1.46. The summed E-state index contributed by atoms with van der Waals surface area (Å²) in [6.07, 6.45) is 0. The van der Waals surface area contributed by atoms with Gasteiger partial charge in [-0.05, 0) is 55.7 Å². The monoisotopic (exact) mass is 392 g/mol. The first-order chi connectivity index (χ1) is 12.1. The Kier molecular flexibility index (Phi) is 6.49. The van der Waals surface area contributed by atoms with Crippen molar-refractivity contribution in [3.8, 4) is 0 Å². The highest BCUT2D eigenvalue weighted by Crippen LogP contribution is 2.26. The normalized spacial score (nSPS) is 11.6. The van der Waals surface area contributed by atoms with E-state index in [2.05, 4.69) is 5.32 Å². The molecule has 5 nitrogen and oxygen atoms in total. The van der Waals surface area contributed by atoms with E-state index in [9.17, 15) is 13.2 Å². The Labute approximate surface area is 159 Å². The van der Waals surface area contributed by atoms with Crippen LogP contribution in [-0.4, -0.2) is 38.5 Å². The lowest BCUT2D eigenvalue weighted by Gasteiger charge is -2.16. The van der Waals surface area contributed by atoms with Gasteiger partial charge in [-0.2, -0.15) is 0 Å². The fraction of sp³-hybridized carbons (Fsp3) is 0.316. The minimum Gasteiger partial charge on any atom is -0.325 e. The predicted molar refractivity (Wildman–Crippen MR) is 107 cm³/mol. The van der Waals surface area contributed by atoms with Gasteiger partial charge in [-0.1, -0.05) is 18.2 Å². The molecule has 0 radical (unpaired) electrons. The molecular weight excluding hydrogens is 368 g/mol. The number of hydrogen-bond donors (Lipinski definition) is 1. The zero-order chi connectivity index (χ0) is 19.5. The third-order valence-corrected chi connectivity index (χ3v) is 7.11. The Hall–Kier alpha value is -1.83. The van der Waals surface area contributed by atoms with Gasteiger partial charge < -0.3 is 5.32 Å². The molecule has 0 spiro atoms. The van der Waals surface area contributed by atoms with Crippen LogP contribution in [-0.2, 0) is 14.8 Å². The second-order valence-corrected chi connectivity index (χ2v) is 9.47. The minimum absolute atomic E-state index is 0.167. The molecule has 1 N–H and O–H groups in total. The zero-order valence-corrected chi connectivity index (χ0v) is 17.3. The van der Waals surface area contributed by atoms with Crippen molar-refractivity contribution in [3.05, 3.63) is 53.1 Å². The summed E-state index contributed by atoms with van der Waals surface area (Å²) in [5, 5.41) is 2.85. The van der Waals surface area contributed by atoms with E-state index in [0.717, 1.165) is 25.9 Å². The summed E-state index contributed by atoms with van der Waals surface area (Å²) in [7, 11) is -0.583. The van der Waals surface area contributed by atoms with Crippen molar-refractivity contribution in [2.24, 2.45) is 0 Å². The molecule has 0 aliphatic rings. The number of sulfonamides is 1. The topological polar surface area (TPSA) is 66.5 Å². The van der Waals surface area contributed by atoms with Crippen LogP contribution in [0.1, 0.15) is 16.7 Å². The van der Waals surface area contributed by atoms with Gasteiger partial charge >= 0.3 is 0 Å². The van der Waals surface area contributed by atoms with Gasteiger partial charge in [0.05, 0.1) is 10.6 Å². The van der Waals surface area contributed by atoms with Gasteiger partial charge in [0.25, 0.3) is 0 Å². The molecule has 1 amide bonds. The van der Waals surface area contributed by atoms with Gasteiger partial charge in [0.2, 0.25) is 15.9 Å². The molecule has 0 atom stereocenters. The molecule has 0 aliphatic heterocycles. The molecule has 0 fully saturated rings. The smallest absolute Gasteiger partial charge is 0.242 e. The van der Waals surface area contributed by atoms with Gasteiger partial charge in [0.15, 0.2) is 0 Å². The van der Waals surface area contributed by atoms with Crippen molar-refractivity contribution in [3.63, 3.8) is 0 Å². The summed E-state index contributed by atoms with van der Waals surface area (Å²) < 4.78 is 25.9. The molecule has 2 rings (SSSR count). The Morgan fingerprint density at radius 3 is 2.35 bits per heavy atom. The van der Waals surface area contributed by atoms with Crippen LogP contribution in [0.5, 0.6) is 0 Å². The maximum Gasteiger partial charge on any atom is 0.242 e. The van der Waals surface area contributed by atoms with Gasteiger partial charge in [-0.25, -0.2) is 12.7 Å². The number of aryl methyl sites for hydroxylation is 2. The van der Waals surface area contributed by atoms with Crippen LogP contribution in [0.25, 0.3) is 0 Å². The second-order valence-electron chi connectivity index (χ2n) is 6.30. The maximum absolute atomic E-state index is 12.4. The van der Waals surface area contributed by atoms with E-state index >= 15 is 0 Å². The molecule has 7 heteroatoms. The van der Waals surface area contributed by atoms with Crippen molar-refractivity contribution >= 4 is 33.4 Å². The van der Waals surface area contributed by atoms with Crippen molar-refractivity contribution in [2.75, 3.05) is 25.2 Å². The van der Waals surface area contributed by atoms with Gasteiger partial charge in [-0.3, -0.25) is 4.79 Å². The number of carbonyl (C=O) groups excluding carboxylic acids is 1. The molecule has 140 valence electrons. The largest absolute Gasteiger partial charge is 0.325 e. The van der Waals surface area contributed by atoms with Crippen molar-refractivity contribution in [1.82, 2.24) is 4.31 Å². The lowest BCUT2D eigenvalue weighted by atomic mass is 10.1. The van der Waals surface area contributed by atoms with Crippen LogP contribution in [0.4, 0.5) is 5.69 Å². The average Bonchev–Trinajstić information content (AvgIpc) is 2.57. The minimum atomic E-state index is -3.56. The van der Waals surface area contributed by atoms with Crippen LogP contribution in [0.3, 0.4) is 0 Å². The number of thioether (sulfide) groups is 1. The summed E-state index contributed by atoms with van der Waals surface area (Å²) in [6.45, 7) is 5.70. The molecule has 0 heterocycles. The number of nitrogens with one attached hydrogen (secondary N) is 1. The Bertz CT molecular complexity index is 922. The molecule has 2 aromatic rings. The second kappa shape index (κ2) is 8.24. The number of hydrogen-bond acceptors (Lipinski definition) is 4. The highest BCUT2D eigenvalue weighted by atomic mass is 32.2. The molecule has 2 aromatic carbocycles. The molecule has 0 unspecified atom stereocenters. The standard InChI is InChI=1S/C19H24N2O3S2/c1-13-8-6-7-9-18(13)25-12-19(22)20-17-11-16(10-14(2)15(17)3)26(23,24)21(4)5/h6-11H,12H2,1-5H3,(H,20,22). The number of anilines is 1. The van der Waals surface area contributed by atoms with Crippen LogP contribution in [0.2, 0.25) is 0 Å². The maximum atomic E-state index is 12.4. The molecule has 26 heavy (non-hydrogen) atoms. The lowest BCUT2D eigenvalue weighted by molar-refractivity contribution is -0.113. The summed E-state index contributed by atoms with van der Waals surface area (Å²) in [6, 6.07) is 11.0. The predicted octanol–water partition coefficient (Wildman–Crippen LogP) is 3.59. The summed E-state index contributed by atoms with van der Waals surface area (Å²) in [5.74, 6) is 0.0914. The fourth-order valence-electron chi connectivity index (χ4n) is 2.36. The van der Waals surface area contributed by atoms with E-state index in [1.807, 2.05) is 45.0 Å². The van der Waals surface area contributed by atoms with E-state index in [1.54, 1.807) is 6.07 Å². The number of carbonyl (C=O) groups is 1. The molecule has 0 aromatic heterocycles. The number of amides is 1. The average molecular weight is 393 g/mol. The molecular formula is C19H24N2O3S2. The quantitative estimate of drug-likeness (QED) is 0.763. The SMILES string of the molecule is Cc1ccccc1SCC(=O)Nc1cc(S(=O)(=O)N(C)C)cc(C)c1C. The Morgan fingerprint density at radius 2 is 1.73 bits per heavy atom. The molecule has 0 saturated heterocycles. The summed E-state index contributed by atoms with van der Waals surface area (Å²) in [4.78, 5) is 13.6. The Morgan fingerprint density at radius 1 is 1.08 bits per heavy atom. The van der Waals surface area contributed by atoms with Crippen LogP contribution in [0, 0.1) is 20.8 Å². The van der Waals surface area contributed by atoms with E-state index in [4.69, 9.17) is 0 Å². The van der Waals surface area contributed by atoms with E-state index in [-0.39, 0.29) is 16.6 Å². The lowest BCUT2D eigenvalue weighted by Crippen LogP contribution is -2.23. The van der Waals surface area contributed by atoms with Gasteiger partial charge in [0.1, 0.15) is 0 Å². The van der Waals surface area contributed by atoms with Crippen LogP contribution < -0.4 is 5.32 Å². The van der Waals surface area contributed by atoms with Crippen molar-refractivity contribution in [1.29, 1.82) is 0 Å². The highest BCUT2D eigenvalue weighted by Gasteiger charge is 2.20. The van der Waals surface area contributed by atoms with Gasteiger partial charge in [0, 0.05) is 24.7 Å². The molecule has 0 aliphatic carbocycles. The first kappa shape index (κ1) is 20.5. The first-order valence-corrected chi connectivity index (χ1v) is 10.6. The van der Waals surface area contributed by atoms with Crippen LogP contribution in [0.15, 0.2) is 46.2 Å². The van der Waals surface area contributed by atoms with Crippen LogP contribution >= 0.6 is 11.8 Å². The van der Waals surface area contributed by atoms with E-state index < -0.39 is 10.0 Å². The van der Waals surface area contributed by atoms with Gasteiger partial charge in [-0.15, -0.1) is 11.8 Å². The third-order valence-electron chi connectivity index (χ3n) is 4.15. The van der Waals surface area contributed by atoms with Crippen molar-refractivity contribution < 1.29 is 13.2 Å². The first-order valence-electron chi connectivity index (χ1n) is 8.15. The Balaban J connectivity index is 2.19. The number of benzene rings is 2. The number of rotatable bonds is 6. The summed E-state index contributed by atoms with van der Waals surface area (Å²) in [5.41, 5.74) is 3.32. The van der Waals surface area contributed by atoms with E-state index in [1.165, 1.54) is 31.9 Å². The molecule has 0 bridgehead atoms. The van der Waals surface area contributed by atoms with Crippen molar-refractivity contribution in [2.45, 2.75) is 30.6 Å². The van der Waals surface area contributed by atoms with E-state index in [0.29, 0.717) is 5.69 Å². The molecule has 0 saturated carbocycles.